The Bertz CT molecular complexity index is 1050. The molecule has 3 aromatic rings. The van der Waals surface area contributed by atoms with Crippen LogP contribution < -0.4 is 16.4 Å². The van der Waals surface area contributed by atoms with Gasteiger partial charge in [0, 0.05) is 49.6 Å². The third kappa shape index (κ3) is 4.23. The van der Waals surface area contributed by atoms with Crippen molar-refractivity contribution < 1.29 is 4.74 Å². The first-order valence-corrected chi connectivity index (χ1v) is 11.2. The van der Waals surface area contributed by atoms with Crippen LogP contribution >= 0.6 is 0 Å². The number of morpholine rings is 1. The number of nitrogens with zero attached hydrogens (tertiary/aromatic N) is 7. The maximum absolute atomic E-state index is 5.99. The molecular weight excluding hydrogens is 408 g/mol. The summed E-state index contributed by atoms with van der Waals surface area (Å²) in [6.07, 6.45) is 5.50. The molecule has 2 aliphatic rings. The van der Waals surface area contributed by atoms with Gasteiger partial charge in [-0.2, -0.15) is 10.1 Å². The van der Waals surface area contributed by atoms with Crippen LogP contribution in [0.5, 0.6) is 0 Å². The van der Waals surface area contributed by atoms with E-state index in [2.05, 4.69) is 36.9 Å². The van der Waals surface area contributed by atoms with Gasteiger partial charge in [0.1, 0.15) is 0 Å². The number of piperidine rings is 1. The number of hydrogen-bond acceptors (Lipinski definition) is 10. The molecule has 2 aliphatic heterocycles. The summed E-state index contributed by atoms with van der Waals surface area (Å²) in [7, 11) is 0. The van der Waals surface area contributed by atoms with Crippen molar-refractivity contribution in [2.24, 2.45) is 5.73 Å². The van der Waals surface area contributed by atoms with Gasteiger partial charge in [0.05, 0.1) is 30.0 Å². The first-order chi connectivity index (χ1) is 15.6. The summed E-state index contributed by atoms with van der Waals surface area (Å²) in [6.45, 7) is 7.83. The number of nitrogen functional groups attached to an aromatic ring is 1. The average Bonchev–Trinajstić information content (AvgIpc) is 3.24. The fraction of sp³-hybridized carbons (Fsp3) is 0.571. The second-order valence-electron chi connectivity index (χ2n) is 8.69. The molecule has 0 radical (unpaired) electrons. The van der Waals surface area contributed by atoms with Gasteiger partial charge in [0.2, 0.25) is 11.9 Å². The number of nitrogens with two attached hydrogens (primary N) is 2. The van der Waals surface area contributed by atoms with Crippen molar-refractivity contribution in [3.05, 3.63) is 18.1 Å². The van der Waals surface area contributed by atoms with Crippen molar-refractivity contribution >= 4 is 22.9 Å². The number of likely N-dealkylation sites (tertiary alicyclic amines) is 1. The van der Waals surface area contributed by atoms with E-state index in [0.717, 1.165) is 67.9 Å². The Balaban J connectivity index is 1.53. The van der Waals surface area contributed by atoms with Gasteiger partial charge in [-0.15, -0.1) is 0 Å². The lowest BCUT2D eigenvalue weighted by molar-refractivity contribution is 0.122. The van der Waals surface area contributed by atoms with E-state index >= 15 is 0 Å². The van der Waals surface area contributed by atoms with Crippen LogP contribution in [-0.2, 0) is 4.74 Å². The molecule has 170 valence electrons. The molecule has 1 atom stereocenters. The van der Waals surface area contributed by atoms with Crippen LogP contribution in [0.15, 0.2) is 12.4 Å². The van der Waals surface area contributed by atoms with Gasteiger partial charge in [0.25, 0.3) is 0 Å². The molecule has 5 N–H and O–H groups in total. The highest BCUT2D eigenvalue weighted by atomic mass is 16.5. The molecule has 0 amide bonds. The van der Waals surface area contributed by atoms with Crippen molar-refractivity contribution in [1.82, 2.24) is 35.0 Å². The molecule has 0 spiro atoms. The van der Waals surface area contributed by atoms with Gasteiger partial charge in [-0.1, -0.05) is 0 Å². The van der Waals surface area contributed by atoms with E-state index < -0.39 is 0 Å². The van der Waals surface area contributed by atoms with E-state index in [1.54, 1.807) is 12.4 Å². The zero-order chi connectivity index (χ0) is 22.1. The topological polar surface area (TPSA) is 148 Å². The number of nitrogens with one attached hydrogen (secondary N) is 1. The molecule has 5 rings (SSSR count). The first-order valence-electron chi connectivity index (χ1n) is 11.2. The molecule has 11 nitrogen and oxygen atoms in total. The van der Waals surface area contributed by atoms with Gasteiger partial charge < -0.3 is 26.0 Å². The van der Waals surface area contributed by atoms with Gasteiger partial charge in [-0.25, -0.2) is 15.0 Å². The van der Waals surface area contributed by atoms with Crippen LogP contribution in [0.25, 0.3) is 22.3 Å². The molecule has 2 fully saturated rings. The molecule has 32 heavy (non-hydrogen) atoms. The van der Waals surface area contributed by atoms with Crippen LogP contribution in [0.3, 0.4) is 0 Å². The monoisotopic (exact) mass is 438 g/mol. The molecule has 2 saturated heterocycles. The van der Waals surface area contributed by atoms with Gasteiger partial charge >= 0.3 is 0 Å². The number of hydrogen-bond donors (Lipinski definition) is 3. The highest BCUT2D eigenvalue weighted by molar-refractivity contribution is 5.93. The Morgan fingerprint density at radius 2 is 1.84 bits per heavy atom. The maximum Gasteiger partial charge on any atom is 0.228 e. The van der Waals surface area contributed by atoms with Gasteiger partial charge in [0.15, 0.2) is 5.65 Å². The van der Waals surface area contributed by atoms with Crippen molar-refractivity contribution in [2.75, 3.05) is 56.6 Å². The quantitative estimate of drug-likeness (QED) is 0.521. The van der Waals surface area contributed by atoms with Crippen molar-refractivity contribution in [3.63, 3.8) is 0 Å². The fourth-order valence-electron chi connectivity index (χ4n) is 4.62. The summed E-state index contributed by atoms with van der Waals surface area (Å²) in [5.41, 5.74) is 15.1. The highest BCUT2D eigenvalue weighted by Crippen LogP contribution is 2.36. The second-order valence-corrected chi connectivity index (χ2v) is 8.69. The lowest BCUT2D eigenvalue weighted by Gasteiger charge is -2.32. The standard InChI is InChI=1S/C21H30N10O/c1-13(22)12-30-4-2-14(3-5-30)18-16-17(15-10-24-20(23)25-11-15)26-21(27-19(16)29-28-18)31-6-8-32-9-7-31/h10-11,13-14H,2-9,12,22H2,1H3,(H2,23,24,25)(H,26,27,28,29)/t13-/m1/s1. The first kappa shape index (κ1) is 21.0. The number of fused-ring (bicyclic) bond motifs is 1. The lowest BCUT2D eigenvalue weighted by Crippen LogP contribution is -2.40. The van der Waals surface area contributed by atoms with E-state index in [4.69, 9.17) is 26.2 Å². The van der Waals surface area contributed by atoms with Gasteiger partial charge in [-0.3, -0.25) is 5.10 Å². The molecule has 0 unspecified atom stereocenters. The zero-order valence-corrected chi connectivity index (χ0v) is 18.4. The minimum Gasteiger partial charge on any atom is -0.378 e. The number of aromatic nitrogens is 6. The smallest absolute Gasteiger partial charge is 0.228 e. The van der Waals surface area contributed by atoms with Crippen LogP contribution in [-0.4, -0.2) is 87.0 Å². The van der Waals surface area contributed by atoms with Crippen LogP contribution in [0.2, 0.25) is 0 Å². The molecule has 0 saturated carbocycles. The summed E-state index contributed by atoms with van der Waals surface area (Å²) in [5, 5.41) is 8.82. The number of ether oxygens (including phenoxy) is 1. The van der Waals surface area contributed by atoms with Gasteiger partial charge in [-0.05, 0) is 32.9 Å². The molecule has 0 aromatic carbocycles. The largest absolute Gasteiger partial charge is 0.378 e. The van der Waals surface area contributed by atoms with E-state index in [-0.39, 0.29) is 12.0 Å². The number of H-pyrrole nitrogens is 1. The van der Waals surface area contributed by atoms with Crippen LogP contribution in [0.4, 0.5) is 11.9 Å². The number of anilines is 2. The van der Waals surface area contributed by atoms with Crippen molar-refractivity contribution in [1.29, 1.82) is 0 Å². The minimum absolute atomic E-state index is 0.184. The predicted octanol–water partition coefficient (Wildman–Crippen LogP) is 0.755. The summed E-state index contributed by atoms with van der Waals surface area (Å²) in [5.74, 6) is 1.24. The molecule has 0 aliphatic carbocycles. The summed E-state index contributed by atoms with van der Waals surface area (Å²) in [4.78, 5) is 22.7. The molecule has 0 bridgehead atoms. The Morgan fingerprint density at radius 3 is 2.53 bits per heavy atom. The summed E-state index contributed by atoms with van der Waals surface area (Å²) >= 11 is 0. The van der Waals surface area contributed by atoms with Crippen LogP contribution in [0, 0.1) is 0 Å². The number of aromatic amines is 1. The average molecular weight is 439 g/mol. The van der Waals surface area contributed by atoms with E-state index in [1.807, 2.05) is 0 Å². The van der Waals surface area contributed by atoms with Crippen LogP contribution in [0.1, 0.15) is 31.4 Å². The van der Waals surface area contributed by atoms with E-state index in [1.165, 1.54) is 0 Å². The Morgan fingerprint density at radius 1 is 1.12 bits per heavy atom. The second kappa shape index (κ2) is 8.93. The zero-order valence-electron chi connectivity index (χ0n) is 18.4. The predicted molar refractivity (Wildman–Crippen MR) is 122 cm³/mol. The molecule has 5 heterocycles. The highest BCUT2D eigenvalue weighted by Gasteiger charge is 2.28. The van der Waals surface area contributed by atoms with E-state index in [9.17, 15) is 0 Å². The third-order valence-electron chi connectivity index (χ3n) is 6.21. The number of rotatable bonds is 5. The van der Waals surface area contributed by atoms with E-state index in [0.29, 0.717) is 30.7 Å². The summed E-state index contributed by atoms with van der Waals surface area (Å²) < 4.78 is 5.49. The normalized spacial score (nSPS) is 19.5. The Kier molecular flexibility index (Phi) is 5.85. The molecule has 11 heteroatoms. The Hall–Kier alpha value is -2.89. The maximum atomic E-state index is 5.99. The third-order valence-corrected chi connectivity index (χ3v) is 6.21. The minimum atomic E-state index is 0.184. The molecule has 3 aromatic heterocycles. The lowest BCUT2D eigenvalue weighted by atomic mass is 9.91. The fourth-order valence-corrected chi connectivity index (χ4v) is 4.62. The summed E-state index contributed by atoms with van der Waals surface area (Å²) in [6, 6.07) is 0.184. The molecular formula is C21H30N10O. The van der Waals surface area contributed by atoms with Crippen molar-refractivity contribution in [3.8, 4) is 11.3 Å². The SMILES string of the molecule is C[C@@H](N)CN1CCC(c2[nH]nc3nc(N4CCOCC4)nc(-c4cnc(N)nc4)c23)CC1. The van der Waals surface area contributed by atoms with Crippen molar-refractivity contribution in [2.45, 2.75) is 31.7 Å². The Labute approximate surface area is 186 Å².